The van der Waals surface area contributed by atoms with Crippen molar-refractivity contribution in [2.24, 2.45) is 0 Å². The lowest BCUT2D eigenvalue weighted by molar-refractivity contribution is 0.303. The smallest absolute Gasteiger partial charge is 0.127 e. The molecule has 0 N–H and O–H groups in total. The molecule has 45 heavy (non-hydrogen) atoms. The molecular formula is C41H51NO3. The van der Waals surface area contributed by atoms with Crippen molar-refractivity contribution in [2.75, 3.05) is 19.8 Å². The first-order valence-corrected chi connectivity index (χ1v) is 17.3. The van der Waals surface area contributed by atoms with E-state index in [-0.39, 0.29) is 0 Å². The Kier molecular flexibility index (Phi) is 15.2. The van der Waals surface area contributed by atoms with Crippen LogP contribution in [0.1, 0.15) is 102 Å². The van der Waals surface area contributed by atoms with Crippen molar-refractivity contribution < 1.29 is 14.2 Å². The van der Waals surface area contributed by atoms with Gasteiger partial charge >= 0.3 is 0 Å². The first kappa shape index (κ1) is 33.9. The molecule has 0 fully saturated rings. The van der Waals surface area contributed by atoms with Crippen LogP contribution in [0, 0.1) is 11.3 Å². The van der Waals surface area contributed by atoms with Gasteiger partial charge in [-0.1, -0.05) is 126 Å². The SMILES string of the molecule is CCCCCCOc1cccc2c(OCCCCCCCCCCCCOc3ccc(-c4ccc(C#N)cc4)cc3)cccc12. The maximum Gasteiger partial charge on any atom is 0.127 e. The fourth-order valence-electron chi connectivity index (χ4n) is 5.69. The number of fused-ring (bicyclic) bond motifs is 1. The molecule has 0 saturated heterocycles. The average molecular weight is 606 g/mol. The van der Waals surface area contributed by atoms with E-state index in [2.05, 4.69) is 61.5 Å². The van der Waals surface area contributed by atoms with Gasteiger partial charge in [-0.2, -0.15) is 5.26 Å². The molecule has 0 unspecified atom stereocenters. The van der Waals surface area contributed by atoms with Gasteiger partial charge in [-0.25, -0.2) is 0 Å². The van der Waals surface area contributed by atoms with E-state index < -0.39 is 0 Å². The summed E-state index contributed by atoms with van der Waals surface area (Å²) in [6, 6.07) is 30.6. The molecule has 0 aliphatic rings. The molecule has 4 aromatic rings. The van der Waals surface area contributed by atoms with Crippen LogP contribution in [0.4, 0.5) is 0 Å². The first-order valence-electron chi connectivity index (χ1n) is 17.3. The number of hydrogen-bond acceptors (Lipinski definition) is 4. The van der Waals surface area contributed by atoms with Crippen molar-refractivity contribution in [1.82, 2.24) is 0 Å². The van der Waals surface area contributed by atoms with Gasteiger partial charge in [0.2, 0.25) is 0 Å². The van der Waals surface area contributed by atoms with Crippen LogP contribution in [-0.4, -0.2) is 19.8 Å². The molecule has 0 amide bonds. The summed E-state index contributed by atoms with van der Waals surface area (Å²) in [6.07, 6.45) is 17.4. The zero-order chi connectivity index (χ0) is 31.4. The average Bonchev–Trinajstić information content (AvgIpc) is 3.08. The molecular weight excluding hydrogens is 554 g/mol. The largest absolute Gasteiger partial charge is 0.494 e. The van der Waals surface area contributed by atoms with Gasteiger partial charge in [-0.05, 0) is 66.8 Å². The minimum Gasteiger partial charge on any atom is -0.494 e. The van der Waals surface area contributed by atoms with Crippen LogP contribution < -0.4 is 14.2 Å². The summed E-state index contributed by atoms with van der Waals surface area (Å²) in [4.78, 5) is 0. The lowest BCUT2D eigenvalue weighted by Gasteiger charge is -2.13. The lowest BCUT2D eigenvalue weighted by atomic mass is 10.0. The van der Waals surface area contributed by atoms with Gasteiger partial charge in [0, 0.05) is 10.8 Å². The maximum atomic E-state index is 8.96. The summed E-state index contributed by atoms with van der Waals surface area (Å²) in [5, 5.41) is 11.2. The number of benzene rings is 4. The van der Waals surface area contributed by atoms with Gasteiger partial charge in [0.1, 0.15) is 17.2 Å². The van der Waals surface area contributed by atoms with Crippen LogP contribution in [0.5, 0.6) is 17.2 Å². The Bertz CT molecular complexity index is 1420. The molecule has 4 nitrogen and oxygen atoms in total. The number of nitriles is 1. The molecule has 4 heteroatoms. The van der Waals surface area contributed by atoms with E-state index in [4.69, 9.17) is 19.5 Å². The summed E-state index contributed by atoms with van der Waals surface area (Å²) in [7, 11) is 0. The molecule has 0 radical (unpaired) electrons. The molecule has 0 aliphatic heterocycles. The Balaban J connectivity index is 0.987. The summed E-state index contributed by atoms with van der Waals surface area (Å²) >= 11 is 0. The standard InChI is InChI=1S/C41H51NO3/c1-2-3-4-13-31-44-40-20-16-19-39-38(40)18-17-21-41(39)45-32-15-12-10-8-6-5-7-9-11-14-30-43-37-28-26-36(27-29-37)35-24-22-34(33-42)23-25-35/h16-29H,2-15,30-32H2,1H3. The number of ether oxygens (including phenoxy) is 3. The fourth-order valence-corrected chi connectivity index (χ4v) is 5.69. The molecule has 238 valence electrons. The molecule has 4 rings (SSSR count). The Labute approximate surface area is 271 Å². The third-order valence-electron chi connectivity index (χ3n) is 8.36. The first-order chi connectivity index (χ1) is 22.3. The zero-order valence-electron chi connectivity index (χ0n) is 27.3. The fraction of sp³-hybridized carbons (Fsp3) is 0.439. The van der Waals surface area contributed by atoms with E-state index in [0.29, 0.717) is 5.56 Å². The molecule has 0 saturated carbocycles. The van der Waals surface area contributed by atoms with Crippen LogP contribution in [0.25, 0.3) is 21.9 Å². The predicted octanol–water partition coefficient (Wildman–Crippen LogP) is 11.7. The quantitative estimate of drug-likeness (QED) is 0.0836. The zero-order valence-corrected chi connectivity index (χ0v) is 27.3. The van der Waals surface area contributed by atoms with Crippen LogP contribution in [0.3, 0.4) is 0 Å². The predicted molar refractivity (Wildman–Crippen MR) is 187 cm³/mol. The summed E-state index contributed by atoms with van der Waals surface area (Å²) in [5.74, 6) is 2.85. The topological polar surface area (TPSA) is 51.5 Å². The van der Waals surface area contributed by atoms with Gasteiger partial charge in [-0.15, -0.1) is 0 Å². The highest BCUT2D eigenvalue weighted by Crippen LogP contribution is 2.32. The number of rotatable bonds is 22. The van der Waals surface area contributed by atoms with Crippen molar-refractivity contribution in [1.29, 1.82) is 5.26 Å². The minimum absolute atomic E-state index is 0.682. The molecule has 0 heterocycles. The monoisotopic (exact) mass is 605 g/mol. The highest BCUT2D eigenvalue weighted by Gasteiger charge is 2.07. The number of hydrogen-bond donors (Lipinski definition) is 0. The third kappa shape index (κ3) is 11.8. The Hall–Kier alpha value is -3.97. The number of nitrogens with zero attached hydrogens (tertiary/aromatic N) is 1. The van der Waals surface area contributed by atoms with Crippen LogP contribution in [0.15, 0.2) is 84.9 Å². The Morgan fingerprint density at radius 3 is 1.36 bits per heavy atom. The minimum atomic E-state index is 0.682. The molecule has 0 atom stereocenters. The van der Waals surface area contributed by atoms with Crippen LogP contribution in [-0.2, 0) is 0 Å². The summed E-state index contributed by atoms with van der Waals surface area (Å²) < 4.78 is 18.3. The summed E-state index contributed by atoms with van der Waals surface area (Å²) in [6.45, 7) is 4.55. The molecule has 0 bridgehead atoms. The van der Waals surface area contributed by atoms with Crippen molar-refractivity contribution in [3.05, 3.63) is 90.5 Å². The maximum absolute atomic E-state index is 8.96. The van der Waals surface area contributed by atoms with Crippen LogP contribution >= 0.6 is 0 Å². The van der Waals surface area contributed by atoms with Gasteiger partial charge in [-0.3, -0.25) is 0 Å². The van der Waals surface area contributed by atoms with E-state index in [1.165, 1.54) is 70.6 Å². The van der Waals surface area contributed by atoms with Crippen molar-refractivity contribution in [3.8, 4) is 34.4 Å². The highest BCUT2D eigenvalue weighted by atomic mass is 16.5. The second kappa shape index (κ2) is 20.1. The van der Waals surface area contributed by atoms with E-state index in [1.807, 2.05) is 36.4 Å². The van der Waals surface area contributed by atoms with E-state index in [1.54, 1.807) is 0 Å². The molecule has 4 aromatic carbocycles. The molecule has 0 aliphatic carbocycles. The van der Waals surface area contributed by atoms with Crippen molar-refractivity contribution in [3.63, 3.8) is 0 Å². The van der Waals surface area contributed by atoms with Gasteiger partial charge < -0.3 is 14.2 Å². The highest BCUT2D eigenvalue weighted by molar-refractivity contribution is 5.93. The molecule has 0 aromatic heterocycles. The normalized spacial score (nSPS) is 10.9. The Morgan fingerprint density at radius 2 is 0.889 bits per heavy atom. The molecule has 0 spiro atoms. The second-order valence-corrected chi connectivity index (χ2v) is 12.0. The van der Waals surface area contributed by atoms with Gasteiger partial charge in [0.15, 0.2) is 0 Å². The second-order valence-electron chi connectivity index (χ2n) is 12.0. The lowest BCUT2D eigenvalue weighted by Crippen LogP contribution is -2.00. The summed E-state index contributed by atoms with van der Waals surface area (Å²) in [5.41, 5.74) is 2.93. The Morgan fingerprint density at radius 1 is 0.467 bits per heavy atom. The number of unbranched alkanes of at least 4 members (excludes halogenated alkanes) is 12. The van der Waals surface area contributed by atoms with E-state index in [0.717, 1.165) is 78.2 Å². The van der Waals surface area contributed by atoms with E-state index in [9.17, 15) is 0 Å². The van der Waals surface area contributed by atoms with Gasteiger partial charge in [0.05, 0.1) is 31.5 Å². The third-order valence-corrected chi connectivity index (χ3v) is 8.36. The van der Waals surface area contributed by atoms with E-state index >= 15 is 0 Å². The van der Waals surface area contributed by atoms with Crippen LogP contribution in [0.2, 0.25) is 0 Å². The van der Waals surface area contributed by atoms with Crippen molar-refractivity contribution in [2.45, 2.75) is 96.8 Å². The van der Waals surface area contributed by atoms with Crippen molar-refractivity contribution >= 4 is 10.8 Å². The van der Waals surface area contributed by atoms with Gasteiger partial charge in [0.25, 0.3) is 0 Å².